The maximum Gasteiger partial charge on any atom is 0.177 e. The Kier molecular flexibility index (Phi) is 1.97. The molecule has 0 radical (unpaired) electrons. The fourth-order valence-electron chi connectivity index (χ4n) is 2.31. The van der Waals surface area contributed by atoms with Crippen LogP contribution in [0.15, 0.2) is 12.1 Å². The molecule has 0 amide bonds. The largest absolute Gasteiger partial charge is 0.305 e. The first kappa shape index (κ1) is 9.72. The Hall–Kier alpha value is -1.49. The summed E-state index contributed by atoms with van der Waals surface area (Å²) in [5.41, 5.74) is 1.71. The highest BCUT2D eigenvalue weighted by Crippen LogP contribution is 2.28. The van der Waals surface area contributed by atoms with E-state index in [0.717, 1.165) is 30.1 Å². The zero-order chi connectivity index (χ0) is 11.2. The maximum atomic E-state index is 4.48. The van der Waals surface area contributed by atoms with E-state index in [2.05, 4.69) is 27.5 Å². The average molecular weight is 217 g/mol. The number of hydrogen-bond donors (Lipinski definition) is 1. The van der Waals surface area contributed by atoms with Crippen LogP contribution < -0.4 is 5.32 Å². The third kappa shape index (κ3) is 1.31. The van der Waals surface area contributed by atoms with E-state index < -0.39 is 0 Å². The summed E-state index contributed by atoms with van der Waals surface area (Å²) in [6.07, 6.45) is 2.26. The fraction of sp³-hybridized carbons (Fsp3) is 0.545. The molecule has 1 fully saturated rings. The lowest BCUT2D eigenvalue weighted by molar-refractivity contribution is 0.397. The van der Waals surface area contributed by atoms with Crippen LogP contribution in [0.3, 0.4) is 0 Å². The zero-order valence-corrected chi connectivity index (χ0v) is 9.56. The molecular formula is C11H15N5. The van der Waals surface area contributed by atoms with Crippen molar-refractivity contribution in [2.75, 3.05) is 6.54 Å². The normalized spacial score (nSPS) is 25.4. The van der Waals surface area contributed by atoms with Gasteiger partial charge in [0, 0.05) is 0 Å². The summed E-state index contributed by atoms with van der Waals surface area (Å²) in [4.78, 5) is 0. The van der Waals surface area contributed by atoms with Gasteiger partial charge in [-0.2, -0.15) is 9.61 Å². The van der Waals surface area contributed by atoms with E-state index in [4.69, 9.17) is 0 Å². The van der Waals surface area contributed by atoms with Crippen molar-refractivity contribution in [2.24, 2.45) is 0 Å². The van der Waals surface area contributed by atoms with Crippen molar-refractivity contribution < 1.29 is 0 Å². The molecule has 1 aliphatic rings. The lowest BCUT2D eigenvalue weighted by Gasteiger charge is -2.21. The lowest BCUT2D eigenvalue weighted by atomic mass is 10.00. The highest BCUT2D eigenvalue weighted by atomic mass is 15.4. The molecule has 3 heterocycles. The molecule has 1 aliphatic heterocycles. The van der Waals surface area contributed by atoms with Crippen LogP contribution in [0.1, 0.15) is 31.3 Å². The van der Waals surface area contributed by atoms with Gasteiger partial charge >= 0.3 is 0 Å². The standard InChI is InChI=1S/C11H15N5/c1-8-4-5-9-13-14-10(16(9)15-8)11(2)6-3-7-12-11/h4-5,12H,3,6-7H2,1-2H3. The van der Waals surface area contributed by atoms with E-state index in [9.17, 15) is 0 Å². The second-order valence-electron chi connectivity index (χ2n) is 4.63. The van der Waals surface area contributed by atoms with Crippen molar-refractivity contribution in [3.05, 3.63) is 23.7 Å². The molecule has 5 nitrogen and oxygen atoms in total. The summed E-state index contributed by atoms with van der Waals surface area (Å²) in [7, 11) is 0. The van der Waals surface area contributed by atoms with Gasteiger partial charge in [-0.1, -0.05) is 0 Å². The average Bonchev–Trinajstić information content (AvgIpc) is 2.84. The second kappa shape index (κ2) is 3.25. The van der Waals surface area contributed by atoms with Crippen LogP contribution in [-0.4, -0.2) is 26.4 Å². The SMILES string of the molecule is Cc1ccc2nnc(C3(C)CCCN3)n2n1. The summed E-state index contributed by atoms with van der Waals surface area (Å²) >= 11 is 0. The Morgan fingerprint density at radius 1 is 1.38 bits per heavy atom. The Morgan fingerprint density at radius 2 is 2.25 bits per heavy atom. The van der Waals surface area contributed by atoms with Crippen LogP contribution in [0.2, 0.25) is 0 Å². The molecule has 2 aromatic rings. The third-order valence-electron chi connectivity index (χ3n) is 3.26. The predicted molar refractivity (Wildman–Crippen MR) is 60.1 cm³/mol. The Bertz CT molecular complexity index is 524. The van der Waals surface area contributed by atoms with Crippen LogP contribution in [0, 0.1) is 6.92 Å². The smallest absolute Gasteiger partial charge is 0.177 e. The van der Waals surface area contributed by atoms with Crippen molar-refractivity contribution in [3.8, 4) is 0 Å². The van der Waals surface area contributed by atoms with E-state index in [1.165, 1.54) is 6.42 Å². The third-order valence-corrected chi connectivity index (χ3v) is 3.26. The maximum absolute atomic E-state index is 4.48. The molecule has 1 saturated heterocycles. The molecular weight excluding hydrogens is 202 g/mol. The molecule has 2 aromatic heterocycles. The first-order valence-corrected chi connectivity index (χ1v) is 5.64. The van der Waals surface area contributed by atoms with Gasteiger partial charge < -0.3 is 5.32 Å². The van der Waals surface area contributed by atoms with Crippen LogP contribution in [0.25, 0.3) is 5.65 Å². The van der Waals surface area contributed by atoms with Crippen molar-refractivity contribution >= 4 is 5.65 Å². The minimum atomic E-state index is -0.0831. The van der Waals surface area contributed by atoms with E-state index >= 15 is 0 Å². The number of nitrogens with zero attached hydrogens (tertiary/aromatic N) is 4. The lowest BCUT2D eigenvalue weighted by Crippen LogP contribution is -2.35. The number of aromatic nitrogens is 4. The topological polar surface area (TPSA) is 55.1 Å². The summed E-state index contributed by atoms with van der Waals surface area (Å²) in [6, 6.07) is 3.91. The molecule has 84 valence electrons. The van der Waals surface area contributed by atoms with Gasteiger partial charge in [0.1, 0.15) is 0 Å². The molecule has 5 heteroatoms. The molecule has 0 aromatic carbocycles. The van der Waals surface area contributed by atoms with Crippen molar-refractivity contribution in [2.45, 2.75) is 32.2 Å². The number of hydrogen-bond acceptors (Lipinski definition) is 4. The quantitative estimate of drug-likeness (QED) is 0.775. The van der Waals surface area contributed by atoms with Gasteiger partial charge in [0.15, 0.2) is 11.5 Å². The molecule has 0 saturated carbocycles. The van der Waals surface area contributed by atoms with Gasteiger partial charge in [0.05, 0.1) is 11.2 Å². The molecule has 0 spiro atoms. The highest BCUT2D eigenvalue weighted by molar-refractivity contribution is 5.37. The number of rotatable bonds is 1. The van der Waals surface area contributed by atoms with Gasteiger partial charge in [-0.15, -0.1) is 10.2 Å². The van der Waals surface area contributed by atoms with Crippen LogP contribution >= 0.6 is 0 Å². The molecule has 1 N–H and O–H groups in total. The fourth-order valence-corrected chi connectivity index (χ4v) is 2.31. The summed E-state index contributed by atoms with van der Waals surface area (Å²) in [5, 5.41) is 16.4. The molecule has 1 unspecified atom stereocenters. The predicted octanol–water partition coefficient (Wildman–Crippen LogP) is 1.03. The van der Waals surface area contributed by atoms with Gasteiger partial charge in [-0.3, -0.25) is 0 Å². The van der Waals surface area contributed by atoms with E-state index in [1.54, 1.807) is 0 Å². The van der Waals surface area contributed by atoms with Crippen molar-refractivity contribution in [1.82, 2.24) is 25.1 Å². The number of fused-ring (bicyclic) bond motifs is 1. The zero-order valence-electron chi connectivity index (χ0n) is 9.56. The summed E-state index contributed by atoms with van der Waals surface area (Å²) < 4.78 is 1.85. The van der Waals surface area contributed by atoms with Crippen LogP contribution in [-0.2, 0) is 5.54 Å². The van der Waals surface area contributed by atoms with Gasteiger partial charge in [0.2, 0.25) is 0 Å². The molecule has 0 aliphatic carbocycles. The second-order valence-corrected chi connectivity index (χ2v) is 4.63. The van der Waals surface area contributed by atoms with Crippen molar-refractivity contribution in [1.29, 1.82) is 0 Å². The minimum Gasteiger partial charge on any atom is -0.305 e. The first-order chi connectivity index (χ1) is 7.69. The molecule has 0 bridgehead atoms. The molecule has 1 atom stereocenters. The van der Waals surface area contributed by atoms with E-state index in [1.807, 2.05) is 23.6 Å². The molecule has 16 heavy (non-hydrogen) atoms. The van der Waals surface area contributed by atoms with Gasteiger partial charge in [-0.25, -0.2) is 0 Å². The van der Waals surface area contributed by atoms with E-state index in [0.29, 0.717) is 0 Å². The Labute approximate surface area is 93.9 Å². The van der Waals surface area contributed by atoms with Crippen LogP contribution in [0.5, 0.6) is 0 Å². The Morgan fingerprint density at radius 3 is 3.00 bits per heavy atom. The minimum absolute atomic E-state index is 0.0831. The highest BCUT2D eigenvalue weighted by Gasteiger charge is 2.35. The summed E-state index contributed by atoms with van der Waals surface area (Å²) in [6.45, 7) is 5.19. The van der Waals surface area contributed by atoms with Gasteiger partial charge in [0.25, 0.3) is 0 Å². The van der Waals surface area contributed by atoms with Crippen LogP contribution in [0.4, 0.5) is 0 Å². The first-order valence-electron chi connectivity index (χ1n) is 5.64. The molecule has 3 rings (SSSR count). The monoisotopic (exact) mass is 217 g/mol. The van der Waals surface area contributed by atoms with Gasteiger partial charge in [-0.05, 0) is 45.4 Å². The number of nitrogens with one attached hydrogen (secondary N) is 1. The number of aryl methyl sites for hydroxylation is 1. The van der Waals surface area contributed by atoms with Crippen molar-refractivity contribution in [3.63, 3.8) is 0 Å². The Balaban J connectivity index is 2.19. The van der Waals surface area contributed by atoms with E-state index in [-0.39, 0.29) is 5.54 Å². The summed E-state index contributed by atoms with van der Waals surface area (Å²) in [5.74, 6) is 0.920.